The fraction of sp³-hybridized carbons (Fsp3) is 0.200. The second-order valence-corrected chi connectivity index (χ2v) is 5.04. The first-order chi connectivity index (χ1) is 10.0. The normalized spacial score (nSPS) is 10.4. The average molecular weight is 307 g/mol. The predicted octanol–water partition coefficient (Wildman–Crippen LogP) is 4.07. The van der Waals surface area contributed by atoms with Crippen LogP contribution in [-0.2, 0) is 6.54 Å². The summed E-state index contributed by atoms with van der Waals surface area (Å²) < 4.78 is 5.72. The van der Waals surface area contributed by atoms with Crippen LogP contribution in [0.5, 0.6) is 11.5 Å². The summed E-state index contributed by atoms with van der Waals surface area (Å²) >= 11 is 5.90. The smallest absolute Gasteiger partial charge is 0.311 e. The zero-order valence-electron chi connectivity index (χ0n) is 11.7. The lowest BCUT2D eigenvalue weighted by Crippen LogP contribution is -2.05. The standard InChI is InChI=1S/C15H15ClN2O3/c1-10-3-4-11(9-17-2)7-14(10)21-15-8-12(16)5-6-13(15)18(19)20/h3-8,17H,9H2,1-2H3. The molecule has 5 nitrogen and oxygen atoms in total. The minimum Gasteiger partial charge on any atom is -0.450 e. The van der Waals surface area contributed by atoms with Gasteiger partial charge in [-0.15, -0.1) is 0 Å². The Hall–Kier alpha value is -2.11. The van der Waals surface area contributed by atoms with Crippen molar-refractivity contribution in [2.75, 3.05) is 7.05 Å². The highest BCUT2D eigenvalue weighted by molar-refractivity contribution is 6.30. The van der Waals surface area contributed by atoms with Crippen LogP contribution in [0.1, 0.15) is 11.1 Å². The molecule has 0 spiro atoms. The molecule has 21 heavy (non-hydrogen) atoms. The van der Waals surface area contributed by atoms with Crippen molar-refractivity contribution in [2.45, 2.75) is 13.5 Å². The monoisotopic (exact) mass is 306 g/mol. The molecule has 0 unspecified atom stereocenters. The molecule has 0 saturated heterocycles. The van der Waals surface area contributed by atoms with Gasteiger partial charge < -0.3 is 10.1 Å². The molecule has 0 aromatic heterocycles. The van der Waals surface area contributed by atoms with Crippen LogP contribution in [0.4, 0.5) is 5.69 Å². The molecule has 2 aromatic rings. The summed E-state index contributed by atoms with van der Waals surface area (Å²) in [6.07, 6.45) is 0. The van der Waals surface area contributed by atoms with E-state index in [0.29, 0.717) is 17.3 Å². The Labute approximate surface area is 127 Å². The predicted molar refractivity (Wildman–Crippen MR) is 82.1 cm³/mol. The molecule has 0 aliphatic carbocycles. The van der Waals surface area contributed by atoms with Crippen LogP contribution < -0.4 is 10.1 Å². The summed E-state index contributed by atoms with van der Waals surface area (Å²) in [5.74, 6) is 0.713. The summed E-state index contributed by atoms with van der Waals surface area (Å²) in [5.41, 5.74) is 1.81. The summed E-state index contributed by atoms with van der Waals surface area (Å²) in [6, 6.07) is 10.0. The number of benzene rings is 2. The molecule has 0 fully saturated rings. The van der Waals surface area contributed by atoms with Crippen molar-refractivity contribution in [1.29, 1.82) is 0 Å². The zero-order valence-corrected chi connectivity index (χ0v) is 12.5. The number of hydrogen-bond acceptors (Lipinski definition) is 4. The summed E-state index contributed by atoms with van der Waals surface area (Å²) in [6.45, 7) is 2.57. The number of rotatable bonds is 5. The Kier molecular flexibility index (Phi) is 4.77. The number of hydrogen-bond donors (Lipinski definition) is 1. The van der Waals surface area contributed by atoms with Gasteiger partial charge in [-0.25, -0.2) is 0 Å². The van der Waals surface area contributed by atoms with Crippen molar-refractivity contribution in [3.05, 3.63) is 62.7 Å². The van der Waals surface area contributed by atoms with Crippen molar-refractivity contribution >= 4 is 17.3 Å². The number of nitrogens with one attached hydrogen (secondary N) is 1. The van der Waals surface area contributed by atoms with Crippen molar-refractivity contribution < 1.29 is 9.66 Å². The van der Waals surface area contributed by atoms with Gasteiger partial charge >= 0.3 is 5.69 Å². The van der Waals surface area contributed by atoms with E-state index in [4.69, 9.17) is 16.3 Å². The third kappa shape index (κ3) is 3.71. The first-order valence-electron chi connectivity index (χ1n) is 6.37. The van der Waals surface area contributed by atoms with Gasteiger partial charge in [-0.1, -0.05) is 23.7 Å². The second kappa shape index (κ2) is 6.56. The molecule has 0 atom stereocenters. The Morgan fingerprint density at radius 3 is 2.67 bits per heavy atom. The lowest BCUT2D eigenvalue weighted by atomic mass is 10.1. The highest BCUT2D eigenvalue weighted by Crippen LogP contribution is 2.35. The second-order valence-electron chi connectivity index (χ2n) is 4.60. The van der Waals surface area contributed by atoms with Gasteiger partial charge in [-0.05, 0) is 37.2 Å². The summed E-state index contributed by atoms with van der Waals surface area (Å²) in [4.78, 5) is 10.6. The van der Waals surface area contributed by atoms with Gasteiger partial charge in [0.1, 0.15) is 5.75 Å². The summed E-state index contributed by atoms with van der Waals surface area (Å²) in [5, 5.41) is 14.5. The van der Waals surface area contributed by atoms with E-state index in [1.54, 1.807) is 0 Å². The van der Waals surface area contributed by atoms with E-state index in [9.17, 15) is 10.1 Å². The third-order valence-electron chi connectivity index (χ3n) is 2.97. The van der Waals surface area contributed by atoms with E-state index in [2.05, 4.69) is 5.32 Å². The van der Waals surface area contributed by atoms with Gasteiger partial charge in [0.25, 0.3) is 0 Å². The van der Waals surface area contributed by atoms with E-state index >= 15 is 0 Å². The SMILES string of the molecule is CNCc1ccc(C)c(Oc2cc(Cl)ccc2[N+](=O)[O-])c1. The molecular formula is C15H15ClN2O3. The van der Waals surface area contributed by atoms with Crippen molar-refractivity contribution in [3.63, 3.8) is 0 Å². The molecule has 110 valence electrons. The van der Waals surface area contributed by atoms with Gasteiger partial charge in [0, 0.05) is 23.7 Å². The van der Waals surface area contributed by atoms with Crippen LogP contribution in [0.25, 0.3) is 0 Å². The molecular weight excluding hydrogens is 292 g/mol. The molecule has 0 amide bonds. The number of nitro benzene ring substituents is 1. The molecule has 0 radical (unpaired) electrons. The first kappa shape index (κ1) is 15.3. The minimum absolute atomic E-state index is 0.113. The fourth-order valence-corrected chi connectivity index (χ4v) is 2.07. The third-order valence-corrected chi connectivity index (χ3v) is 3.21. The van der Waals surface area contributed by atoms with E-state index in [0.717, 1.165) is 11.1 Å². The molecule has 0 bridgehead atoms. The largest absolute Gasteiger partial charge is 0.450 e. The maximum absolute atomic E-state index is 11.1. The number of nitrogens with zero attached hydrogens (tertiary/aromatic N) is 1. The molecule has 2 aromatic carbocycles. The number of ether oxygens (including phenoxy) is 1. The molecule has 0 aliphatic heterocycles. The van der Waals surface area contributed by atoms with Crippen LogP contribution in [0, 0.1) is 17.0 Å². The molecule has 2 rings (SSSR count). The van der Waals surface area contributed by atoms with Crippen LogP contribution in [0.15, 0.2) is 36.4 Å². The molecule has 0 heterocycles. The molecule has 6 heteroatoms. The first-order valence-corrected chi connectivity index (χ1v) is 6.75. The lowest BCUT2D eigenvalue weighted by Gasteiger charge is -2.11. The van der Waals surface area contributed by atoms with E-state index in [1.807, 2.05) is 32.2 Å². The number of aryl methyl sites for hydroxylation is 1. The van der Waals surface area contributed by atoms with Crippen LogP contribution in [0.2, 0.25) is 5.02 Å². The van der Waals surface area contributed by atoms with Crippen molar-refractivity contribution in [2.24, 2.45) is 0 Å². The number of nitro groups is 1. The zero-order chi connectivity index (χ0) is 15.4. The summed E-state index contributed by atoms with van der Waals surface area (Å²) in [7, 11) is 1.85. The fourth-order valence-electron chi connectivity index (χ4n) is 1.91. The average Bonchev–Trinajstić information content (AvgIpc) is 2.42. The Bertz CT molecular complexity index is 674. The molecule has 0 saturated carbocycles. The van der Waals surface area contributed by atoms with E-state index in [1.165, 1.54) is 18.2 Å². The van der Waals surface area contributed by atoms with Gasteiger partial charge in [-0.2, -0.15) is 0 Å². The van der Waals surface area contributed by atoms with E-state index < -0.39 is 4.92 Å². The highest BCUT2D eigenvalue weighted by atomic mass is 35.5. The quantitative estimate of drug-likeness (QED) is 0.668. The highest BCUT2D eigenvalue weighted by Gasteiger charge is 2.17. The molecule has 1 N–H and O–H groups in total. The lowest BCUT2D eigenvalue weighted by molar-refractivity contribution is -0.385. The number of halogens is 1. The molecule has 0 aliphatic rings. The van der Waals surface area contributed by atoms with Crippen molar-refractivity contribution in [3.8, 4) is 11.5 Å². The Morgan fingerprint density at radius 1 is 1.24 bits per heavy atom. The van der Waals surface area contributed by atoms with Gasteiger partial charge in [0.2, 0.25) is 5.75 Å². The topological polar surface area (TPSA) is 64.4 Å². The van der Waals surface area contributed by atoms with Crippen molar-refractivity contribution in [1.82, 2.24) is 5.32 Å². The van der Waals surface area contributed by atoms with Crippen LogP contribution in [-0.4, -0.2) is 12.0 Å². The van der Waals surface area contributed by atoms with Crippen LogP contribution >= 0.6 is 11.6 Å². The van der Waals surface area contributed by atoms with Gasteiger partial charge in [0.05, 0.1) is 4.92 Å². The maximum Gasteiger partial charge on any atom is 0.311 e. The van der Waals surface area contributed by atoms with E-state index in [-0.39, 0.29) is 11.4 Å². The van der Waals surface area contributed by atoms with Crippen LogP contribution in [0.3, 0.4) is 0 Å². The Morgan fingerprint density at radius 2 is 2.00 bits per heavy atom. The Balaban J connectivity index is 2.39. The van der Waals surface area contributed by atoms with Gasteiger partial charge in [-0.3, -0.25) is 10.1 Å². The minimum atomic E-state index is -0.488. The van der Waals surface area contributed by atoms with Gasteiger partial charge in [0.15, 0.2) is 0 Å². The maximum atomic E-state index is 11.1.